The molecular formula is C10H14FNO2. The molecule has 14 heavy (non-hydrogen) atoms. The molecule has 0 amide bonds. The fourth-order valence-electron chi connectivity index (χ4n) is 1.15. The van der Waals surface area contributed by atoms with Gasteiger partial charge in [0.05, 0.1) is 13.7 Å². The summed E-state index contributed by atoms with van der Waals surface area (Å²) in [5.41, 5.74) is 1.20. The van der Waals surface area contributed by atoms with E-state index in [1.807, 2.05) is 6.92 Å². The maximum atomic E-state index is 13.5. The fourth-order valence-corrected chi connectivity index (χ4v) is 1.15. The second kappa shape index (κ2) is 4.91. The first kappa shape index (κ1) is 10.9. The Labute approximate surface area is 82.9 Å². The van der Waals surface area contributed by atoms with E-state index < -0.39 is 5.82 Å². The van der Waals surface area contributed by atoms with Crippen molar-refractivity contribution in [2.45, 2.75) is 20.5 Å². The molecule has 3 nitrogen and oxygen atoms in total. The van der Waals surface area contributed by atoms with Crippen molar-refractivity contribution in [1.29, 1.82) is 0 Å². The number of aromatic nitrogens is 1. The summed E-state index contributed by atoms with van der Waals surface area (Å²) in [6.45, 7) is 4.46. The average Bonchev–Trinajstić information content (AvgIpc) is 2.18. The third-order valence-electron chi connectivity index (χ3n) is 1.79. The van der Waals surface area contributed by atoms with Gasteiger partial charge in [0.15, 0.2) is 5.82 Å². The van der Waals surface area contributed by atoms with Crippen molar-refractivity contribution in [3.8, 4) is 5.88 Å². The zero-order valence-corrected chi connectivity index (χ0v) is 8.63. The molecule has 0 N–H and O–H groups in total. The van der Waals surface area contributed by atoms with Gasteiger partial charge in [0, 0.05) is 17.9 Å². The third-order valence-corrected chi connectivity index (χ3v) is 1.79. The van der Waals surface area contributed by atoms with E-state index in [2.05, 4.69) is 4.98 Å². The molecule has 0 bridgehead atoms. The van der Waals surface area contributed by atoms with Crippen LogP contribution in [0.3, 0.4) is 0 Å². The predicted octanol–water partition coefficient (Wildman–Crippen LogP) is 2.07. The summed E-state index contributed by atoms with van der Waals surface area (Å²) in [5, 5.41) is 0. The van der Waals surface area contributed by atoms with Crippen LogP contribution in [-0.2, 0) is 11.3 Å². The van der Waals surface area contributed by atoms with E-state index in [-0.39, 0.29) is 12.5 Å². The number of methoxy groups -OCH3 is 1. The maximum Gasteiger partial charge on any atom is 0.250 e. The molecule has 1 aromatic heterocycles. The van der Waals surface area contributed by atoms with Crippen molar-refractivity contribution in [3.63, 3.8) is 0 Å². The second-order valence-electron chi connectivity index (χ2n) is 2.88. The predicted molar refractivity (Wildman–Crippen MR) is 50.8 cm³/mol. The maximum absolute atomic E-state index is 13.5. The summed E-state index contributed by atoms with van der Waals surface area (Å²) in [6, 6.07) is 1.66. The minimum absolute atomic E-state index is 0.0275. The summed E-state index contributed by atoms with van der Waals surface area (Å²) < 4.78 is 23.4. The minimum atomic E-state index is -0.438. The van der Waals surface area contributed by atoms with Gasteiger partial charge in [0.25, 0.3) is 5.88 Å². The van der Waals surface area contributed by atoms with Crippen LogP contribution < -0.4 is 4.74 Å². The lowest BCUT2D eigenvalue weighted by Crippen LogP contribution is -2.02. The summed E-state index contributed by atoms with van der Waals surface area (Å²) in [7, 11) is 1.40. The Balaban J connectivity index is 2.96. The van der Waals surface area contributed by atoms with Crippen LogP contribution >= 0.6 is 0 Å². The number of hydrogen-bond donors (Lipinski definition) is 0. The van der Waals surface area contributed by atoms with Crippen LogP contribution in [0.5, 0.6) is 5.88 Å². The molecule has 1 rings (SSSR count). The van der Waals surface area contributed by atoms with Gasteiger partial charge in [-0.2, -0.15) is 0 Å². The molecule has 0 aliphatic carbocycles. The van der Waals surface area contributed by atoms with E-state index in [0.717, 1.165) is 5.69 Å². The normalized spacial score (nSPS) is 10.3. The van der Waals surface area contributed by atoms with Crippen LogP contribution in [0.15, 0.2) is 6.07 Å². The van der Waals surface area contributed by atoms with Gasteiger partial charge < -0.3 is 9.47 Å². The van der Waals surface area contributed by atoms with Gasteiger partial charge in [-0.05, 0) is 19.9 Å². The highest BCUT2D eigenvalue weighted by Gasteiger charge is 2.11. The van der Waals surface area contributed by atoms with E-state index in [0.29, 0.717) is 12.2 Å². The molecule has 0 saturated heterocycles. The largest absolute Gasteiger partial charge is 0.479 e. The van der Waals surface area contributed by atoms with Crippen molar-refractivity contribution in [2.24, 2.45) is 0 Å². The van der Waals surface area contributed by atoms with Crippen LogP contribution in [0.1, 0.15) is 18.2 Å². The Morgan fingerprint density at radius 1 is 1.50 bits per heavy atom. The van der Waals surface area contributed by atoms with Crippen LogP contribution in [0.25, 0.3) is 0 Å². The topological polar surface area (TPSA) is 31.4 Å². The first-order valence-electron chi connectivity index (χ1n) is 4.46. The first-order chi connectivity index (χ1) is 6.69. The molecule has 0 fully saturated rings. The minimum Gasteiger partial charge on any atom is -0.479 e. The Bertz CT molecular complexity index is 315. The SMILES string of the molecule is CCOCc1cc(C)nc(OC)c1F. The second-order valence-corrected chi connectivity index (χ2v) is 2.88. The summed E-state index contributed by atoms with van der Waals surface area (Å²) >= 11 is 0. The summed E-state index contributed by atoms with van der Waals surface area (Å²) in [4.78, 5) is 3.91. The monoisotopic (exact) mass is 199 g/mol. The molecule has 0 unspecified atom stereocenters. The van der Waals surface area contributed by atoms with Crippen molar-refractivity contribution >= 4 is 0 Å². The van der Waals surface area contributed by atoms with E-state index in [1.54, 1.807) is 13.0 Å². The van der Waals surface area contributed by atoms with Gasteiger partial charge >= 0.3 is 0 Å². The Morgan fingerprint density at radius 3 is 2.79 bits per heavy atom. The number of nitrogens with zero attached hydrogens (tertiary/aromatic N) is 1. The van der Waals surface area contributed by atoms with Crippen LogP contribution in [-0.4, -0.2) is 18.7 Å². The molecule has 0 spiro atoms. The number of hydrogen-bond acceptors (Lipinski definition) is 3. The van der Waals surface area contributed by atoms with Crippen molar-refractivity contribution in [2.75, 3.05) is 13.7 Å². The highest BCUT2D eigenvalue weighted by atomic mass is 19.1. The molecular weight excluding hydrogens is 185 g/mol. The molecule has 78 valence electrons. The summed E-state index contributed by atoms with van der Waals surface area (Å²) in [6.07, 6.45) is 0. The standard InChI is InChI=1S/C10H14FNO2/c1-4-14-6-8-5-7(2)12-10(13-3)9(8)11/h5H,4,6H2,1-3H3. The summed E-state index contributed by atoms with van der Waals surface area (Å²) in [5.74, 6) is -0.411. The van der Waals surface area contributed by atoms with Crippen LogP contribution in [0, 0.1) is 12.7 Å². The fraction of sp³-hybridized carbons (Fsp3) is 0.500. The van der Waals surface area contributed by atoms with E-state index >= 15 is 0 Å². The molecule has 0 aromatic carbocycles. The number of ether oxygens (including phenoxy) is 2. The highest BCUT2D eigenvalue weighted by molar-refractivity contribution is 5.26. The molecule has 0 radical (unpaired) electrons. The van der Waals surface area contributed by atoms with Crippen molar-refractivity contribution < 1.29 is 13.9 Å². The smallest absolute Gasteiger partial charge is 0.250 e. The van der Waals surface area contributed by atoms with E-state index in [1.165, 1.54) is 7.11 Å². The highest BCUT2D eigenvalue weighted by Crippen LogP contribution is 2.19. The number of rotatable bonds is 4. The van der Waals surface area contributed by atoms with E-state index in [4.69, 9.17) is 9.47 Å². The molecule has 0 saturated carbocycles. The molecule has 4 heteroatoms. The molecule has 0 aliphatic heterocycles. The first-order valence-corrected chi connectivity index (χ1v) is 4.46. The van der Waals surface area contributed by atoms with Gasteiger partial charge in [0.2, 0.25) is 0 Å². The zero-order chi connectivity index (χ0) is 10.6. The molecule has 0 atom stereocenters. The molecule has 1 heterocycles. The van der Waals surface area contributed by atoms with Crippen LogP contribution in [0.4, 0.5) is 4.39 Å². The number of pyridine rings is 1. The zero-order valence-electron chi connectivity index (χ0n) is 8.63. The van der Waals surface area contributed by atoms with Gasteiger partial charge in [0.1, 0.15) is 0 Å². The lowest BCUT2D eigenvalue weighted by molar-refractivity contribution is 0.130. The number of halogens is 1. The number of aryl methyl sites for hydroxylation is 1. The quantitative estimate of drug-likeness (QED) is 0.743. The third kappa shape index (κ3) is 2.42. The lowest BCUT2D eigenvalue weighted by atomic mass is 10.2. The van der Waals surface area contributed by atoms with Crippen molar-refractivity contribution in [1.82, 2.24) is 4.98 Å². The molecule has 1 aromatic rings. The van der Waals surface area contributed by atoms with Gasteiger partial charge in [-0.25, -0.2) is 9.37 Å². The Kier molecular flexibility index (Phi) is 3.83. The Morgan fingerprint density at radius 2 is 2.21 bits per heavy atom. The Hall–Kier alpha value is -1.16. The van der Waals surface area contributed by atoms with Crippen LogP contribution in [0.2, 0.25) is 0 Å². The van der Waals surface area contributed by atoms with Gasteiger partial charge in [-0.1, -0.05) is 0 Å². The van der Waals surface area contributed by atoms with Gasteiger partial charge in [-0.3, -0.25) is 0 Å². The lowest BCUT2D eigenvalue weighted by Gasteiger charge is -2.07. The molecule has 0 aliphatic rings. The van der Waals surface area contributed by atoms with Crippen molar-refractivity contribution in [3.05, 3.63) is 23.1 Å². The van der Waals surface area contributed by atoms with E-state index in [9.17, 15) is 4.39 Å². The van der Waals surface area contributed by atoms with Gasteiger partial charge in [-0.15, -0.1) is 0 Å². The average molecular weight is 199 g/mol.